The molecule has 1 aromatic heterocycles. The number of hydrogen-bond donors (Lipinski definition) is 0. The highest BCUT2D eigenvalue weighted by molar-refractivity contribution is 7.22. The largest absolute Gasteiger partial charge is 0.505 e. The Kier molecular flexibility index (Phi) is 4.95. The van der Waals surface area contributed by atoms with Crippen molar-refractivity contribution < 1.29 is 18.8 Å². The summed E-state index contributed by atoms with van der Waals surface area (Å²) < 4.78 is 18.9. The lowest BCUT2D eigenvalue weighted by Gasteiger charge is -2.32. The molecule has 0 aliphatic carbocycles. The number of thiophene rings is 1. The summed E-state index contributed by atoms with van der Waals surface area (Å²) in [5, 5.41) is 0. The van der Waals surface area contributed by atoms with Crippen molar-refractivity contribution >= 4 is 29.3 Å². The lowest BCUT2D eigenvalue weighted by molar-refractivity contribution is 0.00578. The van der Waals surface area contributed by atoms with E-state index in [9.17, 15) is 4.79 Å². The van der Waals surface area contributed by atoms with Crippen LogP contribution < -0.4 is 4.78 Å². The summed E-state index contributed by atoms with van der Waals surface area (Å²) in [5.74, 6) is 0.351. The minimum atomic E-state index is -0.456. The summed E-state index contributed by atoms with van der Waals surface area (Å²) >= 11 is 1.73. The molecule has 0 N–H and O–H groups in total. The number of carbonyl (C=O) groups excluding carboxylic acids is 1. The predicted octanol–water partition coefficient (Wildman–Crippen LogP) is 3.77. The van der Waals surface area contributed by atoms with Crippen LogP contribution in [0, 0.1) is 0 Å². The first-order valence-electron chi connectivity index (χ1n) is 9.31. The third-order valence-corrected chi connectivity index (χ3v) is 6.64. The molecule has 1 amide bonds. The summed E-state index contributed by atoms with van der Waals surface area (Å²) in [6.07, 6.45) is 0.741. The predicted molar refractivity (Wildman–Crippen MR) is 105 cm³/mol. The lowest BCUT2D eigenvalue weighted by Crippen LogP contribution is -2.41. The molecule has 0 aromatic carbocycles. The van der Waals surface area contributed by atoms with Crippen molar-refractivity contribution in [3.05, 3.63) is 17.0 Å². The van der Waals surface area contributed by atoms with E-state index >= 15 is 0 Å². The Balaban J connectivity index is 1.64. The molecule has 1 unspecified atom stereocenters. The molecular formula is C19H30BNO4S. The van der Waals surface area contributed by atoms with Gasteiger partial charge in [-0.2, -0.15) is 0 Å². The monoisotopic (exact) mass is 379 g/mol. The van der Waals surface area contributed by atoms with E-state index < -0.39 is 5.60 Å². The maximum Gasteiger partial charge on any atom is 0.505 e. The summed E-state index contributed by atoms with van der Waals surface area (Å²) in [6, 6.07) is 4.24. The molecule has 3 heterocycles. The van der Waals surface area contributed by atoms with Crippen LogP contribution in [0.2, 0.25) is 0 Å². The molecule has 1 aromatic rings. The quantitative estimate of drug-likeness (QED) is 0.734. The maximum atomic E-state index is 12.3. The van der Waals surface area contributed by atoms with Crippen LogP contribution in [0.15, 0.2) is 12.1 Å². The van der Waals surface area contributed by atoms with Gasteiger partial charge < -0.3 is 18.9 Å². The standard InChI is InChI=1S/C19H30BNO4S/c1-17(2,3)23-16(22)21-11-10-13(12-21)14-8-9-15(26-14)20-24-18(4,5)19(6,7)25-20/h8-9,13H,10-12H2,1-7H3. The summed E-state index contributed by atoms with van der Waals surface area (Å²) in [5.41, 5.74) is -1.12. The maximum absolute atomic E-state index is 12.3. The van der Waals surface area contributed by atoms with Crippen LogP contribution in [0.3, 0.4) is 0 Å². The summed E-state index contributed by atoms with van der Waals surface area (Å²) in [6.45, 7) is 15.4. The summed E-state index contributed by atoms with van der Waals surface area (Å²) in [4.78, 5) is 15.4. The van der Waals surface area contributed by atoms with E-state index in [1.165, 1.54) is 4.88 Å². The van der Waals surface area contributed by atoms with Crippen LogP contribution in [-0.2, 0) is 14.0 Å². The Morgan fingerprint density at radius 2 is 1.85 bits per heavy atom. The van der Waals surface area contributed by atoms with Crippen LogP contribution in [0.25, 0.3) is 0 Å². The first-order valence-corrected chi connectivity index (χ1v) is 10.1. The molecule has 2 aliphatic rings. The average Bonchev–Trinajstić information content (AvgIpc) is 3.16. The second-order valence-corrected chi connectivity index (χ2v) is 10.4. The normalized spacial score (nSPS) is 25.0. The Labute approximate surface area is 161 Å². The molecule has 0 spiro atoms. The first-order chi connectivity index (χ1) is 11.9. The van der Waals surface area contributed by atoms with Gasteiger partial charge in [0.05, 0.1) is 11.2 Å². The molecule has 144 valence electrons. The molecule has 0 radical (unpaired) electrons. The van der Waals surface area contributed by atoms with Crippen molar-refractivity contribution in [1.82, 2.24) is 4.90 Å². The van der Waals surface area contributed by atoms with Crippen molar-refractivity contribution in [1.29, 1.82) is 0 Å². The molecule has 2 fully saturated rings. The Morgan fingerprint density at radius 1 is 1.23 bits per heavy atom. The Bertz CT molecular complexity index is 663. The fraction of sp³-hybridized carbons (Fsp3) is 0.737. The second kappa shape index (κ2) is 6.53. The van der Waals surface area contributed by atoms with Crippen LogP contribution in [0.1, 0.15) is 65.7 Å². The van der Waals surface area contributed by atoms with Gasteiger partial charge in [0.2, 0.25) is 0 Å². The molecule has 3 rings (SSSR count). The third-order valence-electron chi connectivity index (χ3n) is 5.38. The van der Waals surface area contributed by atoms with Crippen molar-refractivity contribution in [3.8, 4) is 0 Å². The molecule has 5 nitrogen and oxygen atoms in total. The van der Waals surface area contributed by atoms with Gasteiger partial charge >= 0.3 is 13.2 Å². The first kappa shape index (κ1) is 19.7. The van der Waals surface area contributed by atoms with Gasteiger partial charge in [-0.25, -0.2) is 4.79 Å². The van der Waals surface area contributed by atoms with E-state index in [-0.39, 0.29) is 24.4 Å². The topological polar surface area (TPSA) is 48.0 Å². The molecule has 26 heavy (non-hydrogen) atoms. The van der Waals surface area contributed by atoms with E-state index in [4.69, 9.17) is 14.0 Å². The molecule has 0 saturated carbocycles. The zero-order chi connectivity index (χ0) is 19.3. The highest BCUT2D eigenvalue weighted by Crippen LogP contribution is 2.38. The number of hydrogen-bond acceptors (Lipinski definition) is 5. The van der Waals surface area contributed by atoms with Gasteiger partial charge in [-0.15, -0.1) is 11.3 Å². The van der Waals surface area contributed by atoms with Crippen molar-refractivity contribution in [2.45, 2.75) is 77.6 Å². The highest BCUT2D eigenvalue weighted by atomic mass is 32.1. The van der Waals surface area contributed by atoms with Gasteiger partial charge in [-0.1, -0.05) is 6.07 Å². The van der Waals surface area contributed by atoms with Crippen molar-refractivity contribution in [3.63, 3.8) is 0 Å². The molecule has 1 atom stereocenters. The van der Waals surface area contributed by atoms with Gasteiger partial charge in [-0.05, 0) is 61.0 Å². The van der Waals surface area contributed by atoms with E-state index in [2.05, 4.69) is 39.8 Å². The van der Waals surface area contributed by atoms with E-state index in [0.717, 1.165) is 17.7 Å². The third kappa shape index (κ3) is 3.95. The van der Waals surface area contributed by atoms with Crippen LogP contribution in [-0.4, -0.2) is 48.0 Å². The van der Waals surface area contributed by atoms with Gasteiger partial charge in [-0.3, -0.25) is 0 Å². The Hall–Kier alpha value is -1.05. The highest BCUT2D eigenvalue weighted by Gasteiger charge is 2.52. The fourth-order valence-corrected chi connectivity index (χ4v) is 4.25. The van der Waals surface area contributed by atoms with E-state index in [0.29, 0.717) is 12.5 Å². The minimum absolute atomic E-state index is 0.220. The number of likely N-dealkylation sites (tertiary alicyclic amines) is 1. The van der Waals surface area contributed by atoms with Gasteiger partial charge in [0.15, 0.2) is 0 Å². The van der Waals surface area contributed by atoms with Crippen molar-refractivity contribution in [2.75, 3.05) is 13.1 Å². The van der Waals surface area contributed by atoms with Crippen LogP contribution in [0.5, 0.6) is 0 Å². The average molecular weight is 379 g/mol. The van der Waals surface area contributed by atoms with E-state index in [1.54, 1.807) is 11.3 Å². The fourth-order valence-electron chi connectivity index (χ4n) is 3.16. The van der Waals surface area contributed by atoms with Gasteiger partial charge in [0.1, 0.15) is 5.60 Å². The van der Waals surface area contributed by atoms with Crippen LogP contribution >= 0.6 is 11.3 Å². The zero-order valence-corrected chi connectivity index (χ0v) is 17.7. The smallest absolute Gasteiger partial charge is 0.444 e. The lowest BCUT2D eigenvalue weighted by atomic mass is 9.88. The molecule has 2 aliphatic heterocycles. The van der Waals surface area contributed by atoms with Gasteiger partial charge in [0.25, 0.3) is 0 Å². The van der Waals surface area contributed by atoms with Gasteiger partial charge in [0, 0.05) is 28.7 Å². The molecule has 2 saturated heterocycles. The van der Waals surface area contributed by atoms with E-state index in [1.807, 2.05) is 25.7 Å². The SMILES string of the molecule is CC(C)(C)OC(=O)N1CCC(c2ccc(B3OC(C)(C)C(C)(C)O3)s2)C1. The van der Waals surface area contributed by atoms with Crippen molar-refractivity contribution in [2.24, 2.45) is 0 Å². The second-order valence-electron chi connectivity index (χ2n) is 9.24. The molecule has 7 heteroatoms. The van der Waals surface area contributed by atoms with Crippen LogP contribution in [0.4, 0.5) is 4.79 Å². The molecule has 0 bridgehead atoms. The number of rotatable bonds is 2. The minimum Gasteiger partial charge on any atom is -0.444 e. The summed E-state index contributed by atoms with van der Waals surface area (Å²) in [7, 11) is -0.317. The number of amides is 1. The molecular weight excluding hydrogens is 349 g/mol. The number of carbonyl (C=O) groups is 1. The Morgan fingerprint density at radius 3 is 2.42 bits per heavy atom. The number of ether oxygens (including phenoxy) is 1. The zero-order valence-electron chi connectivity index (χ0n) is 16.9. The number of nitrogens with zero attached hydrogens (tertiary/aromatic N) is 1.